The van der Waals surface area contributed by atoms with E-state index in [-0.39, 0.29) is 6.15 Å². The van der Waals surface area contributed by atoms with Crippen molar-refractivity contribution in [3.63, 3.8) is 0 Å². The zero-order chi connectivity index (χ0) is 7.71. The molecule has 0 aliphatic carbocycles. The standard InChI is InChI=1S/2C3H9Si.Er.H2N/c2*1-4(2)3;;/h2*1-3H3;;1H2/q;;+1;-1. The minimum atomic E-state index is -0.648. The first-order valence-corrected chi connectivity index (χ1v) is 15.4. The smallest absolute Gasteiger partial charge is 0.693 e. The third-order valence-corrected chi connectivity index (χ3v) is 28.9. The molecule has 2 N–H and O–H groups in total. The summed E-state index contributed by atoms with van der Waals surface area (Å²) in [6.45, 7) is 15.0. The molecule has 4 heteroatoms. The van der Waals surface area contributed by atoms with Crippen LogP contribution in [-0.4, -0.2) is 6.58 Å². The molecule has 0 spiro atoms. The van der Waals surface area contributed by atoms with E-state index in [1.165, 1.54) is 0 Å². The molecule has 0 aromatic heterocycles. The Morgan fingerprint density at radius 2 is 0.900 bits per heavy atom. The topological polar surface area (TPSA) is 33.5 Å². The van der Waals surface area contributed by atoms with Crippen LogP contribution in [0.1, 0.15) is 0 Å². The number of nitrogens with two attached hydrogens (primary N) is 1. The van der Waals surface area contributed by atoms with Crippen LogP contribution >= 0.6 is 0 Å². The van der Waals surface area contributed by atoms with Crippen LogP contribution in [0.3, 0.4) is 0 Å². The van der Waals surface area contributed by atoms with Gasteiger partial charge in [-0.05, 0) is 0 Å². The maximum Gasteiger partial charge on any atom is -0.693 e. The number of hydrogen-bond donors (Lipinski definition) is 0. The van der Waals surface area contributed by atoms with Crippen LogP contribution in [0.4, 0.5) is 0 Å². The van der Waals surface area contributed by atoms with Crippen molar-refractivity contribution in [2.24, 2.45) is 0 Å². The van der Waals surface area contributed by atoms with Crippen LogP contribution in [0.5, 0.6) is 0 Å². The van der Waals surface area contributed by atoms with Crippen LogP contribution in [0.2, 0.25) is 39.3 Å². The Kier molecular flexibility index (Phi) is 6.54. The third kappa shape index (κ3) is 12.3. The first-order valence-electron chi connectivity index (χ1n) is 3.29. The molecule has 10 heavy (non-hydrogen) atoms. The summed E-state index contributed by atoms with van der Waals surface area (Å²) in [5.74, 6) is 0. The molecule has 0 aromatic rings. The molecule has 0 rings (SSSR count). The fourth-order valence-electron chi connectivity index (χ4n) is 0.650. The van der Waals surface area contributed by atoms with Crippen molar-refractivity contribution in [1.82, 2.24) is 0 Å². The second kappa shape index (κ2) is 4.61. The van der Waals surface area contributed by atoms with Crippen molar-refractivity contribution in [3.05, 3.63) is 6.15 Å². The summed E-state index contributed by atoms with van der Waals surface area (Å²) in [6.07, 6.45) is 0. The van der Waals surface area contributed by atoms with E-state index in [1.807, 2.05) is 0 Å². The van der Waals surface area contributed by atoms with Gasteiger partial charge in [0.25, 0.3) is 0 Å². The molecule has 0 aliphatic heterocycles. The molecular weight excluding hydrogens is 310 g/mol. The Morgan fingerprint density at radius 3 is 0.900 bits per heavy atom. The van der Waals surface area contributed by atoms with Gasteiger partial charge in [-0.15, -0.1) is 0 Å². The average Bonchev–Trinajstić information content (AvgIpc) is 1.14. The second-order valence-corrected chi connectivity index (χ2v) is 33.1. The predicted molar refractivity (Wildman–Crippen MR) is 52.0 cm³/mol. The van der Waals surface area contributed by atoms with Crippen molar-refractivity contribution in [2.45, 2.75) is 39.3 Å². The van der Waals surface area contributed by atoms with Gasteiger partial charge in [-0.2, -0.15) is 0 Å². The van der Waals surface area contributed by atoms with E-state index in [1.54, 1.807) is 0 Å². The maximum absolute atomic E-state index is 2.50. The van der Waals surface area contributed by atoms with Gasteiger partial charge in [0.05, 0.1) is 0 Å². The van der Waals surface area contributed by atoms with Gasteiger partial charge >= 0.3 is 77.2 Å². The zero-order valence-electron chi connectivity index (χ0n) is 7.87. The first-order chi connectivity index (χ1) is 3.71. The molecule has 0 unspecified atom stereocenters. The minimum Gasteiger partial charge on any atom is -0.693 e. The molecular formula is C6H20ErNSi2. The predicted octanol–water partition coefficient (Wildman–Crippen LogP) is 3.46. The van der Waals surface area contributed by atoms with Crippen LogP contribution < -0.4 is 0 Å². The van der Waals surface area contributed by atoms with E-state index in [0.29, 0.717) is 0 Å². The molecule has 0 saturated carbocycles. The fraction of sp³-hybridized carbons (Fsp3) is 1.00. The summed E-state index contributed by atoms with van der Waals surface area (Å²) in [6, 6.07) is 0. The van der Waals surface area contributed by atoms with E-state index < -0.39 is 6.58 Å². The quantitative estimate of drug-likeness (QED) is 0.695. The molecule has 1 nitrogen and oxygen atoms in total. The van der Waals surface area contributed by atoms with E-state index >= 15 is 0 Å². The summed E-state index contributed by atoms with van der Waals surface area (Å²) in [5, 5.41) is 0. The van der Waals surface area contributed by atoms with Gasteiger partial charge in [-0.3, -0.25) is 0 Å². The summed E-state index contributed by atoms with van der Waals surface area (Å²) < 4.78 is -1.30. The van der Waals surface area contributed by atoms with Crippen molar-refractivity contribution in [3.8, 4) is 0 Å². The Labute approximate surface area is 82.4 Å². The monoisotopic (exact) mass is 328 g/mol. The summed E-state index contributed by atoms with van der Waals surface area (Å²) >= 11 is 0.847. The largest absolute Gasteiger partial charge is 0.693 e. The number of hydrogen-bond acceptors (Lipinski definition) is 0. The van der Waals surface area contributed by atoms with Crippen molar-refractivity contribution in [1.29, 1.82) is 0 Å². The van der Waals surface area contributed by atoms with E-state index in [2.05, 4.69) is 39.3 Å². The van der Waals surface area contributed by atoms with Crippen molar-refractivity contribution < 1.29 is 31.3 Å². The zero-order valence-corrected chi connectivity index (χ0v) is 11.7. The molecule has 0 atom stereocenters. The molecule has 0 amide bonds. The number of rotatable bonds is 2. The first kappa shape index (κ1) is 14.2. The summed E-state index contributed by atoms with van der Waals surface area (Å²) in [5.41, 5.74) is 0. The van der Waals surface area contributed by atoms with E-state index in [0.717, 1.165) is 31.3 Å². The molecule has 0 heterocycles. The SMILES string of the molecule is C[Si](C)(C)[Er+][Si](C)(C)C.[NH2-]. The van der Waals surface area contributed by atoms with Gasteiger partial charge in [-0.25, -0.2) is 0 Å². The Hall–Kier alpha value is 1.64. The van der Waals surface area contributed by atoms with Gasteiger partial charge in [-0.1, -0.05) is 0 Å². The van der Waals surface area contributed by atoms with Gasteiger partial charge < -0.3 is 6.15 Å². The molecule has 0 aromatic carbocycles. The fourth-order valence-corrected chi connectivity index (χ4v) is 43.4. The molecule has 0 saturated heterocycles. The third-order valence-electron chi connectivity index (χ3n) is 0.433. The normalized spacial score (nSPS) is 13.0. The van der Waals surface area contributed by atoms with E-state index in [4.69, 9.17) is 0 Å². The van der Waals surface area contributed by atoms with Gasteiger partial charge in [0.2, 0.25) is 0 Å². The second-order valence-electron chi connectivity index (χ2n) is 3.94. The summed E-state index contributed by atoms with van der Waals surface area (Å²) in [4.78, 5) is 0. The molecule has 0 aliphatic rings. The van der Waals surface area contributed by atoms with Crippen LogP contribution in [0, 0.1) is 31.3 Å². The molecule has 0 fully saturated rings. The van der Waals surface area contributed by atoms with Crippen molar-refractivity contribution >= 4 is 6.58 Å². The molecule has 0 bridgehead atoms. The molecule has 69 valence electrons. The molecule has 0 radical (unpaired) electrons. The Balaban J connectivity index is 0. The van der Waals surface area contributed by atoms with Crippen LogP contribution in [0.25, 0.3) is 6.15 Å². The average molecular weight is 330 g/mol. The maximum atomic E-state index is 2.50. The van der Waals surface area contributed by atoms with Gasteiger partial charge in [0.15, 0.2) is 0 Å². The van der Waals surface area contributed by atoms with Crippen LogP contribution in [-0.2, 0) is 0 Å². The van der Waals surface area contributed by atoms with Gasteiger partial charge in [0, 0.05) is 0 Å². The van der Waals surface area contributed by atoms with Gasteiger partial charge in [0.1, 0.15) is 0 Å². The summed E-state index contributed by atoms with van der Waals surface area (Å²) in [7, 11) is 0. The Bertz CT molecular complexity index is 80.9. The van der Waals surface area contributed by atoms with Crippen LogP contribution in [0.15, 0.2) is 0 Å². The Morgan fingerprint density at radius 1 is 0.700 bits per heavy atom. The van der Waals surface area contributed by atoms with E-state index in [9.17, 15) is 0 Å². The van der Waals surface area contributed by atoms with Crippen molar-refractivity contribution in [2.75, 3.05) is 0 Å². The minimum absolute atomic E-state index is 0.